The van der Waals surface area contributed by atoms with Gasteiger partial charge in [-0.15, -0.1) is 0 Å². The summed E-state index contributed by atoms with van der Waals surface area (Å²) in [5, 5.41) is 15.2. The Bertz CT molecular complexity index is 1200. The lowest BCUT2D eigenvalue weighted by Crippen LogP contribution is -2.17. The van der Waals surface area contributed by atoms with Crippen molar-refractivity contribution in [3.63, 3.8) is 0 Å². The van der Waals surface area contributed by atoms with Crippen LogP contribution in [0.3, 0.4) is 0 Å². The van der Waals surface area contributed by atoms with E-state index in [1.165, 1.54) is 24.0 Å². The second-order valence-corrected chi connectivity index (χ2v) is 8.56. The lowest BCUT2D eigenvalue weighted by molar-refractivity contribution is 0.0952. The number of hydrazone groups is 1. The fourth-order valence-electron chi connectivity index (χ4n) is 2.49. The molecule has 2 aromatic carbocycles. The molecule has 4 rings (SSSR count). The molecule has 2 heterocycles. The Kier molecular flexibility index (Phi) is 5.74. The third-order valence-electron chi connectivity index (χ3n) is 3.80. The number of H-pyrrole nitrogens is 1. The summed E-state index contributed by atoms with van der Waals surface area (Å²) >= 11 is 7.81. The van der Waals surface area contributed by atoms with Gasteiger partial charge < -0.3 is 14.5 Å². The van der Waals surface area contributed by atoms with Crippen molar-refractivity contribution >= 4 is 66.8 Å². The molecule has 3 N–H and O–H groups in total. The summed E-state index contributed by atoms with van der Waals surface area (Å²) in [4.78, 5) is 19.9. The van der Waals surface area contributed by atoms with Gasteiger partial charge >= 0.3 is 0 Å². The molecule has 0 aliphatic carbocycles. The predicted molar refractivity (Wildman–Crippen MR) is 117 cm³/mol. The minimum atomic E-state index is -0.552. The van der Waals surface area contributed by atoms with E-state index in [4.69, 9.17) is 4.42 Å². The molecule has 1 amide bonds. The number of hydrogen-bond acceptors (Lipinski definition) is 6. The number of aromatic hydroxyl groups is 1. The summed E-state index contributed by atoms with van der Waals surface area (Å²) in [6, 6.07) is 14.4. The standard InChI is InChI=1S/C19H12Br2N4O3S/c20-10-7-12(17(26)13(21)8-10)18(27)25-22-9-11-5-6-16(28-11)29-19-23-14-3-1-2-4-15(14)24-19/h1-9,26H,(H,23,24)(H,25,27)/b22-9+. The monoisotopic (exact) mass is 534 g/mol. The summed E-state index contributed by atoms with van der Waals surface area (Å²) < 4.78 is 6.72. The number of phenols is 1. The van der Waals surface area contributed by atoms with Crippen LogP contribution in [-0.2, 0) is 0 Å². The van der Waals surface area contributed by atoms with E-state index in [-0.39, 0.29) is 11.3 Å². The lowest BCUT2D eigenvalue weighted by Gasteiger charge is -2.05. The maximum absolute atomic E-state index is 12.2. The number of nitrogens with zero attached hydrogens (tertiary/aromatic N) is 2. The second-order valence-electron chi connectivity index (χ2n) is 5.80. The topological polar surface area (TPSA) is 104 Å². The number of imidazole rings is 1. The highest BCUT2D eigenvalue weighted by molar-refractivity contribution is 9.11. The molecule has 7 nitrogen and oxygen atoms in total. The van der Waals surface area contributed by atoms with E-state index < -0.39 is 5.91 Å². The highest BCUT2D eigenvalue weighted by Gasteiger charge is 2.14. The van der Waals surface area contributed by atoms with Gasteiger partial charge in [0.2, 0.25) is 0 Å². The van der Waals surface area contributed by atoms with Crippen molar-refractivity contribution < 1.29 is 14.3 Å². The number of furan rings is 1. The van der Waals surface area contributed by atoms with Crippen LogP contribution in [0.15, 0.2) is 77.2 Å². The zero-order chi connectivity index (χ0) is 20.4. The first-order valence-electron chi connectivity index (χ1n) is 8.23. The van der Waals surface area contributed by atoms with Crippen LogP contribution in [0.1, 0.15) is 16.1 Å². The van der Waals surface area contributed by atoms with E-state index in [0.29, 0.717) is 25.0 Å². The molecule has 0 aliphatic rings. The number of rotatable bonds is 5. The number of para-hydroxylation sites is 2. The molecule has 0 saturated heterocycles. The molecule has 0 aliphatic heterocycles. The van der Waals surface area contributed by atoms with Gasteiger partial charge in [-0.25, -0.2) is 10.4 Å². The number of amides is 1. The van der Waals surface area contributed by atoms with Crippen LogP contribution >= 0.6 is 43.6 Å². The van der Waals surface area contributed by atoms with Crippen molar-refractivity contribution in [2.24, 2.45) is 5.10 Å². The summed E-state index contributed by atoms with van der Waals surface area (Å²) in [5.74, 6) is -0.254. The summed E-state index contributed by atoms with van der Waals surface area (Å²) in [5.41, 5.74) is 4.29. The van der Waals surface area contributed by atoms with Crippen LogP contribution in [0.4, 0.5) is 0 Å². The summed E-state index contributed by atoms with van der Waals surface area (Å²) in [6.07, 6.45) is 1.38. The van der Waals surface area contributed by atoms with Crippen molar-refractivity contribution in [1.29, 1.82) is 0 Å². The van der Waals surface area contributed by atoms with Gasteiger partial charge in [-0.1, -0.05) is 28.1 Å². The Labute approximate surface area is 185 Å². The van der Waals surface area contributed by atoms with Crippen molar-refractivity contribution in [2.45, 2.75) is 10.2 Å². The number of aromatic nitrogens is 2. The van der Waals surface area contributed by atoms with E-state index in [2.05, 4.69) is 52.4 Å². The van der Waals surface area contributed by atoms with Gasteiger partial charge in [0.25, 0.3) is 5.91 Å². The molecule has 2 aromatic heterocycles. The molecule has 0 spiro atoms. The van der Waals surface area contributed by atoms with Crippen LogP contribution in [0.2, 0.25) is 0 Å². The highest BCUT2D eigenvalue weighted by atomic mass is 79.9. The fourth-order valence-corrected chi connectivity index (χ4v) is 4.48. The molecule has 0 fully saturated rings. The van der Waals surface area contributed by atoms with Crippen LogP contribution in [-0.4, -0.2) is 27.2 Å². The van der Waals surface area contributed by atoms with Gasteiger partial charge in [-0.3, -0.25) is 4.79 Å². The molecule has 0 saturated carbocycles. The van der Waals surface area contributed by atoms with Gasteiger partial charge in [0.15, 0.2) is 10.2 Å². The first kappa shape index (κ1) is 19.7. The third kappa shape index (κ3) is 4.55. The van der Waals surface area contributed by atoms with Crippen LogP contribution < -0.4 is 5.43 Å². The van der Waals surface area contributed by atoms with Crippen LogP contribution in [0.5, 0.6) is 5.75 Å². The van der Waals surface area contributed by atoms with Crippen molar-refractivity contribution in [2.75, 3.05) is 0 Å². The van der Waals surface area contributed by atoms with Gasteiger partial charge in [0, 0.05) is 4.47 Å². The van der Waals surface area contributed by atoms with E-state index in [1.807, 2.05) is 24.3 Å². The number of benzene rings is 2. The Morgan fingerprint density at radius 1 is 1.24 bits per heavy atom. The quantitative estimate of drug-likeness (QED) is 0.237. The second kappa shape index (κ2) is 8.44. The normalized spacial score (nSPS) is 11.4. The average Bonchev–Trinajstić information content (AvgIpc) is 3.30. The number of fused-ring (bicyclic) bond motifs is 1. The molecule has 0 radical (unpaired) electrons. The Morgan fingerprint density at radius 2 is 2.07 bits per heavy atom. The van der Waals surface area contributed by atoms with Crippen LogP contribution in [0.25, 0.3) is 11.0 Å². The molecular weight excluding hydrogens is 524 g/mol. The number of carbonyl (C=O) groups excluding carboxylic acids is 1. The molecule has 0 atom stereocenters. The molecule has 146 valence electrons. The maximum Gasteiger partial charge on any atom is 0.275 e. The van der Waals surface area contributed by atoms with Gasteiger partial charge in [-0.05, 0) is 64.1 Å². The number of hydrogen-bond donors (Lipinski definition) is 3. The van der Waals surface area contributed by atoms with Gasteiger partial charge in [0.1, 0.15) is 11.5 Å². The molecule has 10 heteroatoms. The number of nitrogens with one attached hydrogen (secondary N) is 2. The fraction of sp³-hybridized carbons (Fsp3) is 0. The van der Waals surface area contributed by atoms with Gasteiger partial charge in [-0.2, -0.15) is 5.10 Å². The molecule has 0 unspecified atom stereocenters. The van der Waals surface area contributed by atoms with Crippen molar-refractivity contribution in [3.05, 3.63) is 68.8 Å². The number of carbonyl (C=O) groups is 1. The van der Waals surface area contributed by atoms with E-state index in [0.717, 1.165) is 11.0 Å². The first-order chi connectivity index (χ1) is 14.0. The minimum absolute atomic E-state index is 0.0870. The average molecular weight is 536 g/mol. The molecule has 4 aromatic rings. The van der Waals surface area contributed by atoms with E-state index in [9.17, 15) is 9.90 Å². The lowest BCUT2D eigenvalue weighted by atomic mass is 10.2. The number of aromatic amines is 1. The largest absolute Gasteiger partial charge is 0.506 e. The zero-order valence-corrected chi connectivity index (χ0v) is 18.5. The van der Waals surface area contributed by atoms with E-state index >= 15 is 0 Å². The SMILES string of the molecule is O=C(N/N=C/c1ccc(Sc2nc3ccccc3[nH]2)o1)c1cc(Br)cc(Br)c1O. The number of halogens is 2. The molecule has 0 bridgehead atoms. The Hall–Kier alpha value is -2.56. The Balaban J connectivity index is 1.41. The predicted octanol–water partition coefficient (Wildman–Crippen LogP) is 5.30. The minimum Gasteiger partial charge on any atom is -0.506 e. The zero-order valence-electron chi connectivity index (χ0n) is 14.5. The smallest absolute Gasteiger partial charge is 0.275 e. The van der Waals surface area contributed by atoms with Crippen molar-refractivity contribution in [1.82, 2.24) is 15.4 Å². The van der Waals surface area contributed by atoms with Crippen LogP contribution in [0, 0.1) is 0 Å². The third-order valence-corrected chi connectivity index (χ3v) is 5.67. The van der Waals surface area contributed by atoms with E-state index in [1.54, 1.807) is 18.2 Å². The molecule has 29 heavy (non-hydrogen) atoms. The molecular formula is C19H12Br2N4O3S. The summed E-state index contributed by atoms with van der Waals surface area (Å²) in [7, 11) is 0. The number of phenolic OH excluding ortho intramolecular Hbond substituents is 1. The maximum atomic E-state index is 12.2. The highest BCUT2D eigenvalue weighted by Crippen LogP contribution is 2.31. The Morgan fingerprint density at radius 3 is 2.90 bits per heavy atom. The first-order valence-corrected chi connectivity index (χ1v) is 10.6. The summed E-state index contributed by atoms with van der Waals surface area (Å²) in [6.45, 7) is 0. The van der Waals surface area contributed by atoms with Gasteiger partial charge in [0.05, 0.1) is 27.3 Å². The van der Waals surface area contributed by atoms with Crippen molar-refractivity contribution in [3.8, 4) is 5.75 Å².